The van der Waals surface area contributed by atoms with E-state index >= 15 is 0 Å². The van der Waals surface area contributed by atoms with Crippen LogP contribution in [0.4, 0.5) is 0 Å². The molecule has 2 heterocycles. The van der Waals surface area contributed by atoms with E-state index in [1.54, 1.807) is 6.26 Å². The van der Waals surface area contributed by atoms with Crippen molar-refractivity contribution in [1.82, 2.24) is 10.6 Å². The molecule has 3 rings (SSSR count). The van der Waals surface area contributed by atoms with Gasteiger partial charge in [-0.1, -0.05) is 32.0 Å². The summed E-state index contributed by atoms with van der Waals surface area (Å²) in [6, 6.07) is 12.4. The molecule has 1 aromatic carbocycles. The van der Waals surface area contributed by atoms with Crippen molar-refractivity contribution in [3.8, 4) is 5.75 Å². The highest BCUT2D eigenvalue weighted by molar-refractivity contribution is 5.80. The Morgan fingerprint density at radius 2 is 2.12 bits per heavy atom. The minimum Gasteiger partial charge on any atom is -0.493 e. The van der Waals surface area contributed by atoms with Crippen LogP contribution in [0.15, 0.2) is 52.1 Å². The van der Waals surface area contributed by atoms with Crippen molar-refractivity contribution >= 4 is 5.96 Å². The van der Waals surface area contributed by atoms with Crippen molar-refractivity contribution in [2.45, 2.75) is 39.2 Å². The fourth-order valence-electron chi connectivity index (χ4n) is 3.00. The van der Waals surface area contributed by atoms with Crippen LogP contribution >= 0.6 is 0 Å². The lowest BCUT2D eigenvalue weighted by Gasteiger charge is -2.28. The third kappa shape index (κ3) is 5.28. The SMILES string of the molecule is CC(C)CCN=C(NCCc1ccco1)NC1CCOc2ccccc21. The molecule has 0 amide bonds. The van der Waals surface area contributed by atoms with Gasteiger partial charge in [-0.3, -0.25) is 4.99 Å². The molecule has 140 valence electrons. The van der Waals surface area contributed by atoms with Crippen molar-refractivity contribution < 1.29 is 9.15 Å². The van der Waals surface area contributed by atoms with Crippen LogP contribution in [0, 0.1) is 5.92 Å². The van der Waals surface area contributed by atoms with Gasteiger partial charge in [-0.2, -0.15) is 0 Å². The van der Waals surface area contributed by atoms with Crippen molar-refractivity contribution in [1.29, 1.82) is 0 Å². The molecule has 2 aromatic rings. The number of benzene rings is 1. The number of para-hydroxylation sites is 1. The predicted molar refractivity (Wildman–Crippen MR) is 105 cm³/mol. The van der Waals surface area contributed by atoms with E-state index in [-0.39, 0.29) is 6.04 Å². The number of fused-ring (bicyclic) bond motifs is 1. The van der Waals surface area contributed by atoms with Crippen molar-refractivity contribution in [3.05, 3.63) is 54.0 Å². The number of nitrogens with zero attached hydrogens (tertiary/aromatic N) is 1. The van der Waals surface area contributed by atoms with Gasteiger partial charge in [-0.25, -0.2) is 0 Å². The molecule has 0 aliphatic carbocycles. The molecule has 0 radical (unpaired) electrons. The Hall–Kier alpha value is -2.43. The van der Waals surface area contributed by atoms with Gasteiger partial charge < -0.3 is 19.8 Å². The molecule has 0 saturated carbocycles. The molecule has 26 heavy (non-hydrogen) atoms. The monoisotopic (exact) mass is 355 g/mol. The number of nitrogens with one attached hydrogen (secondary N) is 2. The normalized spacial score (nSPS) is 16.9. The lowest BCUT2D eigenvalue weighted by atomic mass is 10.0. The summed E-state index contributed by atoms with van der Waals surface area (Å²) in [6.07, 6.45) is 4.56. The van der Waals surface area contributed by atoms with Crippen LogP contribution in [0.3, 0.4) is 0 Å². The molecule has 1 aromatic heterocycles. The largest absolute Gasteiger partial charge is 0.493 e. The number of hydrogen-bond donors (Lipinski definition) is 2. The minimum absolute atomic E-state index is 0.217. The number of hydrogen-bond acceptors (Lipinski definition) is 3. The summed E-state index contributed by atoms with van der Waals surface area (Å²) in [6.45, 7) is 6.77. The van der Waals surface area contributed by atoms with Crippen LogP contribution in [-0.4, -0.2) is 25.7 Å². The molecule has 0 spiro atoms. The quantitative estimate of drug-likeness (QED) is 0.584. The maximum atomic E-state index is 5.77. The first kappa shape index (κ1) is 18.4. The van der Waals surface area contributed by atoms with Gasteiger partial charge in [0.05, 0.1) is 18.9 Å². The Morgan fingerprint density at radius 1 is 1.23 bits per heavy atom. The first-order valence-corrected chi connectivity index (χ1v) is 9.51. The summed E-state index contributed by atoms with van der Waals surface area (Å²) < 4.78 is 11.2. The molecule has 1 unspecified atom stereocenters. The van der Waals surface area contributed by atoms with E-state index in [9.17, 15) is 0 Å². The minimum atomic E-state index is 0.217. The highest BCUT2D eigenvalue weighted by Crippen LogP contribution is 2.31. The second kappa shape index (κ2) is 9.32. The molecule has 0 fully saturated rings. The fraction of sp³-hybridized carbons (Fsp3) is 0.476. The van der Waals surface area contributed by atoms with Gasteiger partial charge >= 0.3 is 0 Å². The molecular weight excluding hydrogens is 326 g/mol. The Balaban J connectivity index is 1.63. The summed E-state index contributed by atoms with van der Waals surface area (Å²) >= 11 is 0. The van der Waals surface area contributed by atoms with Gasteiger partial charge in [0.15, 0.2) is 5.96 Å². The Bertz CT molecular complexity index is 695. The summed E-state index contributed by atoms with van der Waals surface area (Å²) in [4.78, 5) is 4.77. The van der Waals surface area contributed by atoms with Crippen molar-refractivity contribution in [3.63, 3.8) is 0 Å². The summed E-state index contributed by atoms with van der Waals surface area (Å²) in [5.74, 6) is 3.45. The van der Waals surface area contributed by atoms with Crippen LogP contribution < -0.4 is 15.4 Å². The van der Waals surface area contributed by atoms with Crippen LogP contribution in [0.1, 0.15) is 44.1 Å². The average molecular weight is 355 g/mol. The average Bonchev–Trinajstić information content (AvgIpc) is 3.15. The predicted octanol–water partition coefficient (Wildman–Crippen LogP) is 3.93. The number of aliphatic imine (C=N–C) groups is 1. The van der Waals surface area contributed by atoms with Gasteiger partial charge in [0, 0.05) is 31.5 Å². The van der Waals surface area contributed by atoms with Crippen molar-refractivity contribution in [2.75, 3.05) is 19.7 Å². The standard InChI is InChI=1S/C21H29N3O2/c1-16(2)9-12-22-21(23-13-10-17-6-5-14-25-17)24-19-11-15-26-20-8-4-3-7-18(19)20/h3-8,14,16,19H,9-13,15H2,1-2H3,(H2,22,23,24). The molecule has 5 heteroatoms. The smallest absolute Gasteiger partial charge is 0.191 e. The second-order valence-corrected chi connectivity index (χ2v) is 7.04. The van der Waals surface area contributed by atoms with Crippen molar-refractivity contribution in [2.24, 2.45) is 10.9 Å². The van der Waals surface area contributed by atoms with E-state index in [1.165, 1.54) is 5.56 Å². The summed E-state index contributed by atoms with van der Waals surface area (Å²) in [7, 11) is 0. The zero-order valence-corrected chi connectivity index (χ0v) is 15.7. The first-order chi connectivity index (χ1) is 12.7. The van der Waals surface area contributed by atoms with E-state index in [0.29, 0.717) is 5.92 Å². The Labute approximate surface area is 155 Å². The molecule has 2 N–H and O–H groups in total. The third-order valence-electron chi connectivity index (χ3n) is 4.49. The maximum Gasteiger partial charge on any atom is 0.191 e. The second-order valence-electron chi connectivity index (χ2n) is 7.04. The van der Waals surface area contributed by atoms with Crippen LogP contribution in [0.2, 0.25) is 0 Å². The topological polar surface area (TPSA) is 58.8 Å². The lowest BCUT2D eigenvalue weighted by Crippen LogP contribution is -2.42. The number of ether oxygens (including phenoxy) is 1. The van der Waals surface area contributed by atoms with E-state index in [4.69, 9.17) is 14.1 Å². The molecule has 1 aliphatic rings. The van der Waals surface area contributed by atoms with Gasteiger partial charge in [-0.15, -0.1) is 0 Å². The molecule has 5 nitrogen and oxygen atoms in total. The van der Waals surface area contributed by atoms with Gasteiger partial charge in [-0.05, 0) is 30.5 Å². The van der Waals surface area contributed by atoms with E-state index in [2.05, 4.69) is 36.6 Å². The zero-order valence-electron chi connectivity index (χ0n) is 15.7. The lowest BCUT2D eigenvalue weighted by molar-refractivity contribution is 0.261. The van der Waals surface area contributed by atoms with E-state index in [0.717, 1.165) is 56.4 Å². The van der Waals surface area contributed by atoms with Crippen LogP contribution in [-0.2, 0) is 6.42 Å². The number of guanidine groups is 1. The Morgan fingerprint density at radius 3 is 2.92 bits per heavy atom. The molecule has 1 aliphatic heterocycles. The third-order valence-corrected chi connectivity index (χ3v) is 4.49. The maximum absolute atomic E-state index is 5.77. The van der Waals surface area contributed by atoms with E-state index < -0.39 is 0 Å². The first-order valence-electron chi connectivity index (χ1n) is 9.51. The number of rotatable bonds is 7. The number of furan rings is 1. The molecular formula is C21H29N3O2. The Kier molecular flexibility index (Phi) is 6.58. The highest BCUT2D eigenvalue weighted by atomic mass is 16.5. The van der Waals surface area contributed by atoms with E-state index in [1.807, 2.05) is 24.3 Å². The van der Waals surface area contributed by atoms with Crippen LogP contribution in [0.5, 0.6) is 5.75 Å². The molecule has 0 saturated heterocycles. The summed E-state index contributed by atoms with van der Waals surface area (Å²) in [5, 5.41) is 7.04. The van der Waals surface area contributed by atoms with Gasteiger partial charge in [0.1, 0.15) is 11.5 Å². The molecule has 0 bridgehead atoms. The van der Waals surface area contributed by atoms with Gasteiger partial charge in [0.25, 0.3) is 0 Å². The summed E-state index contributed by atoms with van der Waals surface area (Å²) in [5.41, 5.74) is 1.20. The fourth-order valence-corrected chi connectivity index (χ4v) is 3.00. The highest BCUT2D eigenvalue weighted by Gasteiger charge is 2.21. The zero-order chi connectivity index (χ0) is 18.2. The van der Waals surface area contributed by atoms with Crippen LogP contribution in [0.25, 0.3) is 0 Å². The molecule has 1 atom stereocenters. The van der Waals surface area contributed by atoms with Gasteiger partial charge in [0.2, 0.25) is 0 Å².